The molecule has 0 radical (unpaired) electrons. The summed E-state index contributed by atoms with van der Waals surface area (Å²) in [5.41, 5.74) is 0.468. The Morgan fingerprint density at radius 1 is 1.18 bits per heavy atom. The van der Waals surface area contributed by atoms with E-state index in [2.05, 4.69) is 20.4 Å². The smallest absolute Gasteiger partial charge is 0.321 e. The van der Waals surface area contributed by atoms with E-state index in [-0.39, 0.29) is 17.8 Å². The minimum atomic E-state index is -4.62. The first-order valence-electron chi connectivity index (χ1n) is 8.59. The molecule has 1 fully saturated rings. The number of alkyl halides is 3. The first-order valence-corrected chi connectivity index (χ1v) is 8.59. The SMILES string of the molecule is Cn1cc(Nc2ncc(C(F)(F)F)c(N3OCCC3c3ccccc3)n2)cn1. The van der Waals surface area contributed by atoms with Crippen molar-refractivity contribution in [2.75, 3.05) is 17.0 Å². The van der Waals surface area contributed by atoms with Crippen LogP contribution >= 0.6 is 0 Å². The van der Waals surface area contributed by atoms with Gasteiger partial charge in [0.2, 0.25) is 5.95 Å². The molecule has 1 aliphatic rings. The molecule has 0 amide bonds. The zero-order valence-electron chi connectivity index (χ0n) is 14.9. The maximum atomic E-state index is 13.6. The van der Waals surface area contributed by atoms with Crippen molar-refractivity contribution in [1.29, 1.82) is 0 Å². The minimum Gasteiger partial charge on any atom is -0.321 e. The van der Waals surface area contributed by atoms with E-state index in [1.807, 2.05) is 30.3 Å². The molecule has 3 heterocycles. The Balaban J connectivity index is 1.73. The topological polar surface area (TPSA) is 68.1 Å². The summed E-state index contributed by atoms with van der Waals surface area (Å²) < 4.78 is 42.3. The molecular formula is C18H17F3N6O. The average molecular weight is 390 g/mol. The monoisotopic (exact) mass is 390 g/mol. The second-order valence-corrected chi connectivity index (χ2v) is 6.33. The summed E-state index contributed by atoms with van der Waals surface area (Å²) >= 11 is 0. The number of benzene rings is 1. The van der Waals surface area contributed by atoms with Gasteiger partial charge in [-0.3, -0.25) is 9.52 Å². The van der Waals surface area contributed by atoms with Crippen molar-refractivity contribution in [3.63, 3.8) is 0 Å². The van der Waals surface area contributed by atoms with Gasteiger partial charge in [0.05, 0.1) is 24.5 Å². The number of aromatic nitrogens is 4. The first kappa shape index (κ1) is 18.2. The highest BCUT2D eigenvalue weighted by Gasteiger charge is 2.40. The van der Waals surface area contributed by atoms with Gasteiger partial charge in [0.15, 0.2) is 5.82 Å². The number of aryl methyl sites for hydroxylation is 1. The summed E-state index contributed by atoms with van der Waals surface area (Å²) in [4.78, 5) is 13.5. The Morgan fingerprint density at radius 3 is 2.64 bits per heavy atom. The lowest BCUT2D eigenvalue weighted by Gasteiger charge is -2.26. The van der Waals surface area contributed by atoms with E-state index in [0.717, 1.165) is 11.8 Å². The Labute approximate surface area is 158 Å². The second kappa shape index (κ2) is 7.12. The van der Waals surface area contributed by atoms with Crippen LogP contribution in [-0.4, -0.2) is 26.4 Å². The minimum absolute atomic E-state index is 0.0262. The van der Waals surface area contributed by atoms with E-state index in [1.54, 1.807) is 17.9 Å². The largest absolute Gasteiger partial charge is 0.421 e. The van der Waals surface area contributed by atoms with Crippen LogP contribution in [0.5, 0.6) is 0 Å². The van der Waals surface area contributed by atoms with E-state index < -0.39 is 11.7 Å². The molecule has 0 saturated carbocycles. The maximum absolute atomic E-state index is 13.6. The van der Waals surface area contributed by atoms with Gasteiger partial charge in [-0.05, 0) is 5.56 Å². The molecule has 1 unspecified atom stereocenters. The van der Waals surface area contributed by atoms with Gasteiger partial charge in [0.1, 0.15) is 5.56 Å². The Hall–Kier alpha value is -3.14. The average Bonchev–Trinajstić information content (AvgIpc) is 3.30. The third kappa shape index (κ3) is 3.63. The normalized spacial score (nSPS) is 17.1. The Morgan fingerprint density at radius 2 is 1.96 bits per heavy atom. The predicted octanol–water partition coefficient (Wildman–Crippen LogP) is 3.86. The van der Waals surface area contributed by atoms with Crippen molar-refractivity contribution in [3.05, 3.63) is 60.0 Å². The molecule has 3 aromatic rings. The zero-order chi connectivity index (χ0) is 19.7. The van der Waals surface area contributed by atoms with Gasteiger partial charge in [0, 0.05) is 25.9 Å². The van der Waals surface area contributed by atoms with E-state index in [4.69, 9.17) is 4.84 Å². The van der Waals surface area contributed by atoms with Crippen molar-refractivity contribution in [3.8, 4) is 0 Å². The standard InChI is InChI=1S/C18H17F3N6O/c1-26-11-13(9-23-26)24-17-22-10-14(18(19,20)21)16(25-17)27-15(7-8-28-27)12-5-3-2-4-6-12/h2-6,9-11,15H,7-8H2,1H3,(H,22,24,25). The molecule has 0 bridgehead atoms. The van der Waals surface area contributed by atoms with Gasteiger partial charge in [-0.2, -0.15) is 23.3 Å². The van der Waals surface area contributed by atoms with Crippen LogP contribution in [0.1, 0.15) is 23.6 Å². The molecule has 7 nitrogen and oxygen atoms in total. The number of hydroxylamine groups is 1. The Bertz CT molecular complexity index is 959. The molecule has 10 heteroatoms. The number of hydrogen-bond donors (Lipinski definition) is 1. The number of hydrogen-bond acceptors (Lipinski definition) is 6. The maximum Gasteiger partial charge on any atom is 0.421 e. The summed E-state index contributed by atoms with van der Waals surface area (Å²) in [7, 11) is 1.73. The molecule has 1 saturated heterocycles. The van der Waals surface area contributed by atoms with Crippen LogP contribution in [0.15, 0.2) is 48.9 Å². The van der Waals surface area contributed by atoms with E-state index in [1.165, 1.54) is 11.3 Å². The highest BCUT2D eigenvalue weighted by Crippen LogP contribution is 2.41. The number of nitrogens with one attached hydrogen (secondary N) is 1. The number of anilines is 3. The second-order valence-electron chi connectivity index (χ2n) is 6.33. The van der Waals surface area contributed by atoms with Crippen LogP contribution in [-0.2, 0) is 18.1 Å². The first-order chi connectivity index (χ1) is 13.4. The lowest BCUT2D eigenvalue weighted by Crippen LogP contribution is -2.26. The summed E-state index contributed by atoms with van der Waals surface area (Å²) in [6.45, 7) is 0.298. The number of halogens is 3. The van der Waals surface area contributed by atoms with Crippen LogP contribution in [0.4, 0.5) is 30.6 Å². The zero-order valence-corrected chi connectivity index (χ0v) is 14.9. The lowest BCUT2D eigenvalue weighted by molar-refractivity contribution is -0.138. The van der Waals surface area contributed by atoms with Gasteiger partial charge < -0.3 is 5.32 Å². The van der Waals surface area contributed by atoms with Crippen molar-refractivity contribution in [1.82, 2.24) is 19.7 Å². The molecule has 1 aliphatic heterocycles. The number of nitrogens with zero attached hydrogens (tertiary/aromatic N) is 5. The molecule has 1 aromatic carbocycles. The van der Waals surface area contributed by atoms with Gasteiger partial charge in [-0.1, -0.05) is 30.3 Å². The van der Waals surface area contributed by atoms with Crippen molar-refractivity contribution < 1.29 is 18.0 Å². The van der Waals surface area contributed by atoms with Gasteiger partial charge >= 0.3 is 6.18 Å². The van der Waals surface area contributed by atoms with Crippen LogP contribution in [0.25, 0.3) is 0 Å². The molecular weight excluding hydrogens is 373 g/mol. The fourth-order valence-corrected chi connectivity index (χ4v) is 3.07. The fourth-order valence-electron chi connectivity index (χ4n) is 3.07. The van der Waals surface area contributed by atoms with Gasteiger partial charge in [-0.25, -0.2) is 10.0 Å². The molecule has 146 valence electrons. The molecule has 0 aliphatic carbocycles. The summed E-state index contributed by atoms with van der Waals surface area (Å²) in [6, 6.07) is 8.87. The van der Waals surface area contributed by atoms with Crippen LogP contribution in [0.2, 0.25) is 0 Å². The van der Waals surface area contributed by atoms with Crippen molar-refractivity contribution >= 4 is 17.5 Å². The molecule has 0 spiro atoms. The fraction of sp³-hybridized carbons (Fsp3) is 0.278. The molecule has 1 atom stereocenters. The molecule has 2 aromatic heterocycles. The summed E-state index contributed by atoms with van der Waals surface area (Å²) in [5, 5.41) is 8.10. The van der Waals surface area contributed by atoms with Crippen LogP contribution in [0.3, 0.4) is 0 Å². The van der Waals surface area contributed by atoms with E-state index in [0.29, 0.717) is 18.7 Å². The van der Waals surface area contributed by atoms with Crippen LogP contribution < -0.4 is 10.4 Å². The molecule has 28 heavy (non-hydrogen) atoms. The predicted molar refractivity (Wildman–Crippen MR) is 95.8 cm³/mol. The molecule has 4 rings (SSSR count). The number of rotatable bonds is 4. The highest BCUT2D eigenvalue weighted by molar-refractivity contribution is 5.56. The third-order valence-electron chi connectivity index (χ3n) is 4.33. The Kier molecular flexibility index (Phi) is 4.63. The third-order valence-corrected chi connectivity index (χ3v) is 4.33. The van der Waals surface area contributed by atoms with Crippen LogP contribution in [0, 0.1) is 0 Å². The summed E-state index contributed by atoms with van der Waals surface area (Å²) in [6.07, 6.45) is -0.101. The molecule has 1 N–H and O–H groups in total. The van der Waals surface area contributed by atoms with E-state index >= 15 is 0 Å². The highest BCUT2D eigenvalue weighted by atomic mass is 19.4. The quantitative estimate of drug-likeness (QED) is 0.730. The van der Waals surface area contributed by atoms with Gasteiger partial charge in [0.25, 0.3) is 0 Å². The summed E-state index contributed by atoms with van der Waals surface area (Å²) in [5.74, 6) is -0.293. The van der Waals surface area contributed by atoms with Crippen molar-refractivity contribution in [2.24, 2.45) is 7.05 Å². The lowest BCUT2D eigenvalue weighted by atomic mass is 10.0. The van der Waals surface area contributed by atoms with Gasteiger partial charge in [-0.15, -0.1) is 0 Å². The van der Waals surface area contributed by atoms with E-state index in [9.17, 15) is 13.2 Å². The van der Waals surface area contributed by atoms with Crippen molar-refractivity contribution in [2.45, 2.75) is 18.6 Å².